The monoisotopic (exact) mass is 261 g/mol. The van der Waals surface area contributed by atoms with Gasteiger partial charge in [0.25, 0.3) is 0 Å². The van der Waals surface area contributed by atoms with E-state index in [1.165, 1.54) is 0 Å². The Hall–Kier alpha value is -0.670. The molecular formula is C11H17Cl2N3. The number of hydrogen-bond donors (Lipinski definition) is 1. The number of hydrogen-bond acceptors (Lipinski definition) is 3. The summed E-state index contributed by atoms with van der Waals surface area (Å²) in [6.45, 7) is 6.03. The van der Waals surface area contributed by atoms with Gasteiger partial charge in [-0.3, -0.25) is 0 Å². The predicted octanol–water partition coefficient (Wildman–Crippen LogP) is 3.67. The van der Waals surface area contributed by atoms with Gasteiger partial charge in [0.15, 0.2) is 0 Å². The minimum absolute atomic E-state index is 0.545. The lowest BCUT2D eigenvalue weighted by molar-refractivity contribution is 0.779. The Kier molecular flexibility index (Phi) is 5.16. The van der Waals surface area contributed by atoms with E-state index in [-0.39, 0.29) is 0 Å². The highest BCUT2D eigenvalue weighted by Gasteiger charge is 2.13. The van der Waals surface area contributed by atoms with Crippen LogP contribution in [0.15, 0.2) is 6.07 Å². The zero-order valence-electron chi connectivity index (χ0n) is 9.85. The van der Waals surface area contributed by atoms with Crippen LogP contribution in [-0.4, -0.2) is 25.1 Å². The Morgan fingerprint density at radius 2 is 2.00 bits per heavy atom. The van der Waals surface area contributed by atoms with Crippen LogP contribution < -0.4 is 10.2 Å². The highest BCUT2D eigenvalue weighted by molar-refractivity contribution is 6.37. The highest BCUT2D eigenvalue weighted by atomic mass is 35.5. The lowest BCUT2D eigenvalue weighted by Crippen LogP contribution is -2.25. The van der Waals surface area contributed by atoms with E-state index in [1.807, 2.05) is 0 Å². The number of nitrogens with zero attached hydrogens (tertiary/aromatic N) is 2. The first-order valence-corrected chi connectivity index (χ1v) is 6.18. The van der Waals surface area contributed by atoms with Crippen LogP contribution in [0.1, 0.15) is 20.3 Å². The third kappa shape index (κ3) is 2.92. The van der Waals surface area contributed by atoms with Gasteiger partial charge in [0.2, 0.25) is 0 Å². The van der Waals surface area contributed by atoms with E-state index in [9.17, 15) is 0 Å². The van der Waals surface area contributed by atoms with E-state index in [0.29, 0.717) is 15.9 Å². The molecule has 1 N–H and O–H groups in total. The number of anilines is 2. The molecule has 1 aromatic rings. The molecule has 3 nitrogen and oxygen atoms in total. The van der Waals surface area contributed by atoms with Gasteiger partial charge in [-0.25, -0.2) is 4.98 Å². The standard InChI is InChI=1S/C11H17Cl2N3/c1-4-6-16(5-2)11-9(13)7-8(12)10(14-3)15-11/h7H,4-6H2,1-3H3,(H,14,15). The van der Waals surface area contributed by atoms with Crippen LogP contribution in [0.2, 0.25) is 10.0 Å². The minimum atomic E-state index is 0.545. The Labute approximate surface area is 107 Å². The summed E-state index contributed by atoms with van der Waals surface area (Å²) in [4.78, 5) is 6.57. The molecule has 1 rings (SSSR count). The molecule has 5 heteroatoms. The summed E-state index contributed by atoms with van der Waals surface area (Å²) in [7, 11) is 1.79. The molecule has 0 unspecified atom stereocenters. The van der Waals surface area contributed by atoms with E-state index in [0.717, 1.165) is 25.3 Å². The maximum atomic E-state index is 6.15. The first-order chi connectivity index (χ1) is 7.63. The Morgan fingerprint density at radius 1 is 1.31 bits per heavy atom. The second-order valence-electron chi connectivity index (χ2n) is 3.45. The first kappa shape index (κ1) is 13.4. The summed E-state index contributed by atoms with van der Waals surface area (Å²) >= 11 is 12.1. The molecule has 0 aliphatic carbocycles. The quantitative estimate of drug-likeness (QED) is 0.877. The van der Waals surface area contributed by atoms with Gasteiger partial charge in [0, 0.05) is 20.1 Å². The summed E-state index contributed by atoms with van der Waals surface area (Å²) in [5.74, 6) is 1.45. The number of aromatic nitrogens is 1. The lowest BCUT2D eigenvalue weighted by Gasteiger charge is -2.23. The average molecular weight is 262 g/mol. The van der Waals surface area contributed by atoms with Gasteiger partial charge >= 0.3 is 0 Å². The molecule has 0 amide bonds. The van der Waals surface area contributed by atoms with Gasteiger partial charge in [-0.05, 0) is 19.4 Å². The normalized spacial score (nSPS) is 10.3. The summed E-state index contributed by atoms with van der Waals surface area (Å²) in [6.07, 6.45) is 1.06. The number of pyridine rings is 1. The van der Waals surface area contributed by atoms with Crippen molar-refractivity contribution in [3.63, 3.8) is 0 Å². The van der Waals surface area contributed by atoms with Crippen LogP contribution in [0, 0.1) is 0 Å². The molecule has 1 heterocycles. The van der Waals surface area contributed by atoms with Crippen molar-refractivity contribution in [1.82, 2.24) is 4.98 Å². The van der Waals surface area contributed by atoms with Gasteiger partial charge < -0.3 is 10.2 Å². The molecule has 0 aliphatic rings. The first-order valence-electron chi connectivity index (χ1n) is 5.42. The van der Waals surface area contributed by atoms with Gasteiger partial charge in [-0.1, -0.05) is 30.1 Å². The van der Waals surface area contributed by atoms with Gasteiger partial charge in [-0.2, -0.15) is 0 Å². The lowest BCUT2D eigenvalue weighted by atomic mass is 10.3. The van der Waals surface area contributed by atoms with Crippen molar-refractivity contribution in [2.45, 2.75) is 20.3 Å². The molecule has 0 saturated heterocycles. The molecule has 0 fully saturated rings. The molecule has 0 aromatic carbocycles. The SMILES string of the molecule is CCCN(CC)c1nc(NC)c(Cl)cc1Cl. The summed E-state index contributed by atoms with van der Waals surface area (Å²) in [6, 6.07) is 1.73. The Bertz CT molecular complexity index is 355. The van der Waals surface area contributed by atoms with Crippen LogP contribution in [0.4, 0.5) is 11.6 Å². The summed E-state index contributed by atoms with van der Waals surface area (Å²) in [5, 5.41) is 4.10. The molecule has 0 atom stereocenters. The van der Waals surface area contributed by atoms with Crippen molar-refractivity contribution in [1.29, 1.82) is 0 Å². The largest absolute Gasteiger partial charge is 0.372 e. The highest BCUT2D eigenvalue weighted by Crippen LogP contribution is 2.31. The molecule has 16 heavy (non-hydrogen) atoms. The molecule has 90 valence electrons. The third-order valence-electron chi connectivity index (χ3n) is 2.32. The van der Waals surface area contributed by atoms with Gasteiger partial charge in [-0.15, -0.1) is 0 Å². The fraction of sp³-hybridized carbons (Fsp3) is 0.545. The van der Waals surface area contributed by atoms with Crippen LogP contribution in [0.3, 0.4) is 0 Å². The molecule has 0 radical (unpaired) electrons. The fourth-order valence-electron chi connectivity index (χ4n) is 1.54. The second kappa shape index (κ2) is 6.16. The summed E-state index contributed by atoms with van der Waals surface area (Å²) in [5.41, 5.74) is 0. The van der Waals surface area contributed by atoms with E-state index >= 15 is 0 Å². The van der Waals surface area contributed by atoms with Crippen LogP contribution >= 0.6 is 23.2 Å². The third-order valence-corrected chi connectivity index (χ3v) is 2.89. The number of halogens is 2. The van der Waals surface area contributed by atoms with E-state index in [4.69, 9.17) is 23.2 Å². The molecule has 0 aliphatic heterocycles. The fourth-order valence-corrected chi connectivity index (χ4v) is 2.11. The minimum Gasteiger partial charge on any atom is -0.372 e. The maximum Gasteiger partial charge on any atom is 0.149 e. The second-order valence-corrected chi connectivity index (χ2v) is 4.27. The van der Waals surface area contributed by atoms with Crippen molar-refractivity contribution in [2.75, 3.05) is 30.4 Å². The topological polar surface area (TPSA) is 28.2 Å². The maximum absolute atomic E-state index is 6.15. The molecule has 0 saturated carbocycles. The predicted molar refractivity (Wildman–Crippen MR) is 72.0 cm³/mol. The zero-order chi connectivity index (χ0) is 12.1. The van der Waals surface area contributed by atoms with E-state index in [2.05, 4.69) is 29.0 Å². The number of rotatable bonds is 5. The van der Waals surface area contributed by atoms with Crippen molar-refractivity contribution >= 4 is 34.8 Å². The summed E-state index contributed by atoms with van der Waals surface area (Å²) < 4.78 is 0. The average Bonchev–Trinajstić information content (AvgIpc) is 2.27. The molecule has 0 spiro atoms. The molecular weight excluding hydrogens is 245 g/mol. The van der Waals surface area contributed by atoms with Crippen LogP contribution in [0.25, 0.3) is 0 Å². The van der Waals surface area contributed by atoms with Crippen molar-refractivity contribution in [2.24, 2.45) is 0 Å². The Balaban J connectivity index is 3.10. The van der Waals surface area contributed by atoms with Gasteiger partial charge in [0.1, 0.15) is 11.6 Å². The van der Waals surface area contributed by atoms with Crippen LogP contribution in [0.5, 0.6) is 0 Å². The van der Waals surface area contributed by atoms with Crippen molar-refractivity contribution in [3.05, 3.63) is 16.1 Å². The van der Waals surface area contributed by atoms with Crippen molar-refractivity contribution in [3.8, 4) is 0 Å². The van der Waals surface area contributed by atoms with E-state index < -0.39 is 0 Å². The Morgan fingerprint density at radius 3 is 2.50 bits per heavy atom. The zero-order valence-corrected chi connectivity index (χ0v) is 11.4. The van der Waals surface area contributed by atoms with Crippen molar-refractivity contribution < 1.29 is 0 Å². The number of nitrogens with one attached hydrogen (secondary N) is 1. The molecule has 0 bridgehead atoms. The smallest absolute Gasteiger partial charge is 0.149 e. The molecule has 1 aromatic heterocycles. The van der Waals surface area contributed by atoms with E-state index in [1.54, 1.807) is 13.1 Å². The van der Waals surface area contributed by atoms with Crippen LogP contribution in [-0.2, 0) is 0 Å². The van der Waals surface area contributed by atoms with Gasteiger partial charge in [0.05, 0.1) is 10.0 Å².